The van der Waals surface area contributed by atoms with Crippen molar-refractivity contribution in [2.24, 2.45) is 0 Å². The molecule has 3 N–H and O–H groups in total. The number of hydrogen-bond acceptors (Lipinski definition) is 3. The van der Waals surface area contributed by atoms with Crippen molar-refractivity contribution in [1.82, 2.24) is 0 Å². The van der Waals surface area contributed by atoms with Gasteiger partial charge < -0.3 is 0 Å². The molecule has 19 heavy (non-hydrogen) atoms. The molecule has 0 unspecified atom stereocenters. The van der Waals surface area contributed by atoms with Crippen molar-refractivity contribution in [2.75, 3.05) is 6.16 Å². The molecule has 2 rings (SSSR count). The molecule has 0 heterocycles. The minimum atomic E-state index is -4.06. The van der Waals surface area contributed by atoms with Crippen molar-refractivity contribution in [2.45, 2.75) is 0 Å². The molecule has 4 heteroatoms. The molecule has 0 aliphatic heterocycles. The van der Waals surface area contributed by atoms with Crippen LogP contribution in [0.3, 0.4) is 0 Å². The van der Waals surface area contributed by atoms with E-state index in [9.17, 15) is 0 Å². The zero-order valence-electron chi connectivity index (χ0n) is 10.4. The second-order valence-electron chi connectivity index (χ2n) is 4.33. The van der Waals surface area contributed by atoms with Crippen molar-refractivity contribution in [3.05, 3.63) is 77.9 Å². The van der Waals surface area contributed by atoms with E-state index in [0.29, 0.717) is 0 Å². The molecular weight excluding hydrogens is 259 g/mol. The number of hydrogen-bond donors (Lipinski definition) is 3. The van der Waals surface area contributed by atoms with Gasteiger partial charge in [-0.25, -0.2) is 0 Å². The first-order valence-electron chi connectivity index (χ1n) is 6.04. The SMILES string of the molecule is O[PH](O)(O)CC=C(c1ccccc1)c1ccccc1. The summed E-state index contributed by atoms with van der Waals surface area (Å²) in [6.07, 6.45) is 1.56. The summed E-state index contributed by atoms with van der Waals surface area (Å²) in [5.41, 5.74) is 2.84. The van der Waals surface area contributed by atoms with Crippen LogP contribution >= 0.6 is 7.94 Å². The predicted octanol–water partition coefficient (Wildman–Crippen LogP) is 2.59. The molecule has 0 bridgehead atoms. The average molecular weight is 276 g/mol. The van der Waals surface area contributed by atoms with E-state index < -0.39 is 7.94 Å². The fourth-order valence-corrected chi connectivity index (χ4v) is 2.35. The molecule has 0 spiro atoms. The second-order valence-corrected chi connectivity index (χ2v) is 6.29. The van der Waals surface area contributed by atoms with Crippen LogP contribution in [0.15, 0.2) is 66.7 Å². The van der Waals surface area contributed by atoms with Crippen LogP contribution in [-0.2, 0) is 0 Å². The summed E-state index contributed by atoms with van der Waals surface area (Å²) in [5, 5.41) is 0. The van der Waals surface area contributed by atoms with E-state index in [0.717, 1.165) is 16.7 Å². The minimum absolute atomic E-state index is 0.119. The van der Waals surface area contributed by atoms with Crippen molar-refractivity contribution in [1.29, 1.82) is 0 Å². The molecule has 0 saturated heterocycles. The molecule has 0 aliphatic carbocycles. The molecule has 2 aromatic rings. The third-order valence-corrected chi connectivity index (χ3v) is 3.50. The van der Waals surface area contributed by atoms with Crippen molar-refractivity contribution in [3.63, 3.8) is 0 Å². The van der Waals surface area contributed by atoms with Gasteiger partial charge >= 0.3 is 112 Å². The number of benzene rings is 2. The summed E-state index contributed by atoms with van der Waals surface area (Å²) in [6.45, 7) is 0. The number of allylic oxidation sites excluding steroid dienone is 1. The predicted molar refractivity (Wildman–Crippen MR) is 79.8 cm³/mol. The number of rotatable bonds is 4. The first-order chi connectivity index (χ1) is 9.06. The third kappa shape index (κ3) is 4.27. The fraction of sp³-hybridized carbons (Fsp3) is 0.0667. The molecule has 100 valence electrons. The van der Waals surface area contributed by atoms with Gasteiger partial charge in [-0.05, 0) is 0 Å². The summed E-state index contributed by atoms with van der Waals surface area (Å²) in [6, 6.07) is 19.4. The Kier molecular flexibility index (Phi) is 4.46. The second kappa shape index (κ2) is 6.09. The van der Waals surface area contributed by atoms with E-state index in [-0.39, 0.29) is 6.16 Å². The molecule has 0 saturated carbocycles. The molecule has 3 nitrogen and oxygen atoms in total. The van der Waals surface area contributed by atoms with E-state index in [1.807, 2.05) is 60.7 Å². The Balaban J connectivity index is 2.40. The van der Waals surface area contributed by atoms with Crippen LogP contribution in [0.1, 0.15) is 11.1 Å². The van der Waals surface area contributed by atoms with Gasteiger partial charge in [-0.3, -0.25) is 0 Å². The first-order valence-corrected chi connectivity index (χ1v) is 8.09. The molecule has 0 amide bonds. The molecule has 0 aromatic heterocycles. The van der Waals surface area contributed by atoms with Crippen molar-refractivity contribution in [3.8, 4) is 0 Å². The van der Waals surface area contributed by atoms with Gasteiger partial charge in [0, 0.05) is 0 Å². The Hall–Kier alpha value is -1.51. The topological polar surface area (TPSA) is 60.7 Å². The van der Waals surface area contributed by atoms with Crippen LogP contribution in [0.4, 0.5) is 0 Å². The maximum absolute atomic E-state index is 9.17. The van der Waals surface area contributed by atoms with Gasteiger partial charge in [0.15, 0.2) is 0 Å². The molecule has 0 fully saturated rings. The van der Waals surface area contributed by atoms with Crippen LogP contribution in [0, 0.1) is 0 Å². The zero-order valence-corrected chi connectivity index (χ0v) is 11.4. The third-order valence-electron chi connectivity index (χ3n) is 2.75. The van der Waals surface area contributed by atoms with Crippen molar-refractivity contribution < 1.29 is 14.7 Å². The summed E-state index contributed by atoms with van der Waals surface area (Å²) < 4.78 is 0. The standard InChI is InChI=1S/C15H17O3P/c16-19(17,18)12-11-15(13-7-3-1-4-8-13)14-9-5-2-6-10-14/h1-11,16-19H,12H2. The van der Waals surface area contributed by atoms with E-state index >= 15 is 0 Å². The van der Waals surface area contributed by atoms with Crippen molar-refractivity contribution >= 4 is 13.5 Å². The normalized spacial score (nSPS) is 11.9. The summed E-state index contributed by atoms with van der Waals surface area (Å²) in [5.74, 6) is 0. The van der Waals surface area contributed by atoms with Crippen LogP contribution in [0.5, 0.6) is 0 Å². The molecular formula is C15H17O3P. The Morgan fingerprint density at radius 1 is 0.789 bits per heavy atom. The quantitative estimate of drug-likeness (QED) is 0.752. The van der Waals surface area contributed by atoms with Crippen LogP contribution in [0.2, 0.25) is 0 Å². The fourth-order valence-electron chi connectivity index (χ4n) is 1.88. The Morgan fingerprint density at radius 3 is 1.58 bits per heavy atom. The van der Waals surface area contributed by atoms with Gasteiger partial charge in [0.1, 0.15) is 0 Å². The van der Waals surface area contributed by atoms with E-state index in [1.165, 1.54) is 0 Å². The zero-order chi connectivity index (χ0) is 13.7. The van der Waals surface area contributed by atoms with Gasteiger partial charge in [0.05, 0.1) is 0 Å². The molecule has 0 radical (unpaired) electrons. The van der Waals surface area contributed by atoms with Gasteiger partial charge in [-0.15, -0.1) is 0 Å². The Labute approximate surface area is 113 Å². The first kappa shape index (κ1) is 13.9. The van der Waals surface area contributed by atoms with E-state index in [2.05, 4.69) is 0 Å². The summed E-state index contributed by atoms with van der Waals surface area (Å²) >= 11 is 0. The van der Waals surface area contributed by atoms with Crippen LogP contribution < -0.4 is 0 Å². The molecule has 0 atom stereocenters. The van der Waals surface area contributed by atoms with Crippen LogP contribution in [-0.4, -0.2) is 20.8 Å². The van der Waals surface area contributed by atoms with E-state index in [4.69, 9.17) is 14.7 Å². The van der Waals surface area contributed by atoms with Gasteiger partial charge in [0.2, 0.25) is 0 Å². The Morgan fingerprint density at radius 2 is 1.21 bits per heavy atom. The maximum atomic E-state index is 9.17. The molecule has 0 aliphatic rings. The van der Waals surface area contributed by atoms with Gasteiger partial charge in [-0.1, -0.05) is 0 Å². The molecule has 2 aromatic carbocycles. The van der Waals surface area contributed by atoms with Gasteiger partial charge in [-0.2, -0.15) is 0 Å². The van der Waals surface area contributed by atoms with Crippen LogP contribution in [0.25, 0.3) is 5.57 Å². The summed E-state index contributed by atoms with van der Waals surface area (Å²) in [4.78, 5) is 27.5. The average Bonchev–Trinajstić information content (AvgIpc) is 2.40. The van der Waals surface area contributed by atoms with E-state index in [1.54, 1.807) is 6.08 Å². The monoisotopic (exact) mass is 276 g/mol. The Bertz CT molecular complexity index is 503. The summed E-state index contributed by atoms with van der Waals surface area (Å²) in [7, 11) is -4.06. The van der Waals surface area contributed by atoms with Gasteiger partial charge in [0.25, 0.3) is 0 Å².